The van der Waals surface area contributed by atoms with Gasteiger partial charge in [-0.2, -0.15) is 4.99 Å². The van der Waals surface area contributed by atoms with Gasteiger partial charge in [-0.3, -0.25) is 0 Å². The molecule has 0 aliphatic carbocycles. The molecule has 1 nitrogen and oxygen atoms in total. The fraction of sp³-hybridized carbons (Fsp3) is 0.115. The van der Waals surface area contributed by atoms with E-state index in [1.807, 2.05) is 12.1 Å². The minimum absolute atomic E-state index is 0.129. The first-order valence-corrected chi connectivity index (χ1v) is 10.0. The van der Waals surface area contributed by atoms with Gasteiger partial charge in [0.25, 0.3) is 0 Å². The molecule has 0 amide bonds. The van der Waals surface area contributed by atoms with Gasteiger partial charge in [0.1, 0.15) is 17.3 Å². The minimum atomic E-state index is -0.889. The van der Waals surface area contributed by atoms with Gasteiger partial charge >= 0.3 is 0 Å². The summed E-state index contributed by atoms with van der Waals surface area (Å²) in [4.78, 5) is 3.34. The van der Waals surface area contributed by atoms with Crippen LogP contribution in [0.1, 0.15) is 41.2 Å². The number of aryl methyl sites for hydroxylation is 1. The summed E-state index contributed by atoms with van der Waals surface area (Å²) < 4.78 is 56.0. The highest BCUT2D eigenvalue weighted by Crippen LogP contribution is 2.23. The lowest BCUT2D eigenvalue weighted by Crippen LogP contribution is -1.94. The molecule has 0 aromatic heterocycles. The fourth-order valence-electron chi connectivity index (χ4n) is 2.88. The van der Waals surface area contributed by atoms with Crippen molar-refractivity contribution in [2.45, 2.75) is 19.8 Å². The van der Waals surface area contributed by atoms with Gasteiger partial charge in [0, 0.05) is 16.7 Å². The third-order valence-electron chi connectivity index (χ3n) is 4.38. The molecule has 0 unspecified atom stereocenters. The maximum absolute atomic E-state index is 14.2. The Hall–Kier alpha value is -3.70. The monoisotopic (exact) mass is 449 g/mol. The van der Waals surface area contributed by atoms with E-state index in [1.54, 1.807) is 24.3 Å². The predicted octanol–water partition coefficient (Wildman–Crippen LogP) is 6.73. The molecule has 32 heavy (non-hydrogen) atoms. The van der Waals surface area contributed by atoms with Crippen LogP contribution in [0.25, 0.3) is 0 Å². The molecule has 0 bridgehead atoms. The summed E-state index contributed by atoms with van der Waals surface area (Å²) in [5.41, 5.74) is 1.03. The van der Waals surface area contributed by atoms with E-state index in [0.29, 0.717) is 23.1 Å². The van der Waals surface area contributed by atoms with Crippen molar-refractivity contribution in [3.05, 3.63) is 99.6 Å². The highest BCUT2D eigenvalue weighted by Gasteiger charge is 2.10. The third-order valence-corrected chi connectivity index (χ3v) is 4.47. The van der Waals surface area contributed by atoms with E-state index in [1.165, 1.54) is 12.1 Å². The first kappa shape index (κ1) is 23.0. The van der Waals surface area contributed by atoms with Crippen molar-refractivity contribution < 1.29 is 17.6 Å². The Kier molecular flexibility index (Phi) is 7.58. The Balaban J connectivity index is 1.79. The van der Waals surface area contributed by atoms with E-state index in [-0.39, 0.29) is 11.1 Å². The van der Waals surface area contributed by atoms with E-state index in [0.717, 1.165) is 18.6 Å². The Morgan fingerprint density at radius 2 is 1.22 bits per heavy atom. The van der Waals surface area contributed by atoms with E-state index in [4.69, 9.17) is 0 Å². The molecule has 0 fully saturated rings. The summed E-state index contributed by atoms with van der Waals surface area (Å²) in [5, 5.41) is 1.92. The van der Waals surface area contributed by atoms with Crippen LogP contribution in [-0.4, -0.2) is 5.16 Å². The summed E-state index contributed by atoms with van der Waals surface area (Å²) >= 11 is 4.36. The van der Waals surface area contributed by atoms with Crippen molar-refractivity contribution in [1.29, 1.82) is 0 Å². The summed E-state index contributed by atoms with van der Waals surface area (Å²) in [6.45, 7) is 1.93. The highest BCUT2D eigenvalue weighted by molar-refractivity contribution is 7.78. The number of hydrogen-bond acceptors (Lipinski definition) is 2. The smallest absolute Gasteiger partial charge is 0.153 e. The van der Waals surface area contributed by atoms with Gasteiger partial charge in [-0.1, -0.05) is 37.0 Å². The van der Waals surface area contributed by atoms with E-state index in [2.05, 4.69) is 40.9 Å². The highest BCUT2D eigenvalue weighted by atomic mass is 32.1. The molecule has 0 atom stereocenters. The molecular formula is C26H15F4NS. The van der Waals surface area contributed by atoms with Crippen LogP contribution in [0.3, 0.4) is 0 Å². The molecule has 3 rings (SSSR count). The zero-order valence-corrected chi connectivity index (χ0v) is 17.7. The van der Waals surface area contributed by atoms with Gasteiger partial charge in [0.2, 0.25) is 0 Å². The molecule has 0 aliphatic heterocycles. The first-order chi connectivity index (χ1) is 15.4. The van der Waals surface area contributed by atoms with Gasteiger partial charge in [-0.25, -0.2) is 17.6 Å². The van der Waals surface area contributed by atoms with Crippen LogP contribution in [0.5, 0.6) is 0 Å². The molecule has 3 aromatic rings. The van der Waals surface area contributed by atoms with Gasteiger partial charge in [0.15, 0.2) is 11.6 Å². The number of benzene rings is 3. The lowest BCUT2D eigenvalue weighted by atomic mass is 10.1. The lowest BCUT2D eigenvalue weighted by molar-refractivity contribution is 0.573. The van der Waals surface area contributed by atoms with Crippen molar-refractivity contribution in [3.8, 4) is 23.7 Å². The van der Waals surface area contributed by atoms with Gasteiger partial charge in [0.05, 0.1) is 10.7 Å². The maximum atomic E-state index is 14.2. The molecule has 0 N–H and O–H groups in total. The second kappa shape index (κ2) is 10.6. The van der Waals surface area contributed by atoms with Crippen LogP contribution in [-0.2, 0) is 6.42 Å². The van der Waals surface area contributed by atoms with Crippen LogP contribution in [0, 0.1) is 47.0 Å². The van der Waals surface area contributed by atoms with Crippen LogP contribution < -0.4 is 0 Å². The summed E-state index contributed by atoms with van der Waals surface area (Å²) in [6.07, 6.45) is 1.38. The number of isothiocyanates is 1. The van der Waals surface area contributed by atoms with Crippen molar-refractivity contribution in [2.24, 2.45) is 4.99 Å². The summed E-state index contributed by atoms with van der Waals surface area (Å²) in [7, 11) is 0. The molecule has 3 aromatic carbocycles. The van der Waals surface area contributed by atoms with Crippen LogP contribution in [0.15, 0.2) is 53.5 Å². The second-order valence-electron chi connectivity index (χ2n) is 6.75. The summed E-state index contributed by atoms with van der Waals surface area (Å²) in [5.74, 6) is 7.55. The molecule has 6 heteroatoms. The van der Waals surface area contributed by atoms with Crippen molar-refractivity contribution in [1.82, 2.24) is 0 Å². The second-order valence-corrected chi connectivity index (χ2v) is 6.94. The molecular weight excluding hydrogens is 434 g/mol. The summed E-state index contributed by atoms with van der Waals surface area (Å²) in [6, 6.07) is 11.3. The largest absolute Gasteiger partial charge is 0.206 e. The first-order valence-electron chi connectivity index (χ1n) is 9.60. The maximum Gasteiger partial charge on any atom is 0.153 e. The zero-order chi connectivity index (χ0) is 23.1. The molecule has 0 spiro atoms. The Morgan fingerprint density at radius 3 is 1.72 bits per heavy atom. The van der Waals surface area contributed by atoms with Gasteiger partial charge in [-0.15, -0.1) is 0 Å². The number of aliphatic imine (C=N–C) groups is 1. The van der Waals surface area contributed by atoms with Gasteiger partial charge < -0.3 is 0 Å². The lowest BCUT2D eigenvalue weighted by Gasteiger charge is -2.02. The molecule has 0 heterocycles. The normalized spacial score (nSPS) is 9.78. The minimum Gasteiger partial charge on any atom is -0.206 e. The average Bonchev–Trinajstić information content (AvgIpc) is 2.75. The van der Waals surface area contributed by atoms with E-state index in [9.17, 15) is 17.6 Å². The van der Waals surface area contributed by atoms with Crippen molar-refractivity contribution in [3.63, 3.8) is 0 Å². The Morgan fingerprint density at radius 1 is 0.719 bits per heavy atom. The number of rotatable bonds is 3. The number of halogens is 4. The average molecular weight is 449 g/mol. The number of hydrogen-bond donors (Lipinski definition) is 0. The van der Waals surface area contributed by atoms with E-state index < -0.39 is 29.0 Å². The Labute approximate surface area is 188 Å². The SMILES string of the molecule is CCCc1cc(F)c(C#Cc2ccc(C#Cc3cc(F)c(N=C=S)c(F)c3)cc2)c(F)c1. The molecule has 0 saturated heterocycles. The topological polar surface area (TPSA) is 12.4 Å². The van der Waals surface area contributed by atoms with Crippen molar-refractivity contribution in [2.75, 3.05) is 0 Å². The van der Waals surface area contributed by atoms with Crippen LogP contribution >= 0.6 is 12.2 Å². The Bertz CT molecular complexity index is 1290. The number of nitrogens with zero attached hydrogens (tertiary/aromatic N) is 1. The van der Waals surface area contributed by atoms with Crippen LogP contribution in [0.2, 0.25) is 0 Å². The number of thiocarbonyl (C=S) groups is 1. The molecule has 0 radical (unpaired) electrons. The standard InChI is InChI=1S/C26H15F4NS/c1-2-3-19-12-22(27)21(23(28)13-19)11-10-18-6-4-17(5-7-18)8-9-20-14-24(29)26(31-16-32)25(30)15-20/h4-7,12-15H,2-3H2,1H3. The van der Waals surface area contributed by atoms with E-state index >= 15 is 0 Å². The van der Waals surface area contributed by atoms with Gasteiger partial charge in [-0.05, 0) is 72.7 Å². The molecule has 0 aliphatic rings. The molecule has 0 saturated carbocycles. The van der Waals surface area contributed by atoms with Crippen molar-refractivity contribution >= 4 is 23.1 Å². The third kappa shape index (κ3) is 5.71. The molecule has 158 valence electrons. The zero-order valence-electron chi connectivity index (χ0n) is 16.9. The van der Waals surface area contributed by atoms with Crippen LogP contribution in [0.4, 0.5) is 23.2 Å². The predicted molar refractivity (Wildman–Crippen MR) is 120 cm³/mol. The quantitative estimate of drug-likeness (QED) is 0.187. The fourth-order valence-corrected chi connectivity index (χ4v) is 2.98.